The Kier molecular flexibility index (Phi) is 3.19. The molecule has 0 spiro atoms. The Morgan fingerprint density at radius 3 is 1.80 bits per heavy atom. The number of hydrogen-bond acceptors (Lipinski definition) is 0. The van der Waals surface area contributed by atoms with E-state index in [1.165, 1.54) is 0 Å². The third-order valence-electron chi connectivity index (χ3n) is 8.65. The van der Waals surface area contributed by atoms with Gasteiger partial charge in [-0.05, 0) is 110 Å². The van der Waals surface area contributed by atoms with E-state index in [1.807, 2.05) is 0 Å². The predicted octanol–water partition coefficient (Wildman–Crippen LogP) is 14.1. The number of benzene rings is 10. The predicted molar refractivity (Wildman–Crippen MR) is 216 cm³/mol. The molecule has 0 unspecified atom stereocenters. The summed E-state index contributed by atoms with van der Waals surface area (Å²) in [6, 6.07) is -2.58. The second-order valence-corrected chi connectivity index (χ2v) is 11.4. The van der Waals surface area contributed by atoms with E-state index in [4.69, 9.17) is 19.2 Å². The van der Waals surface area contributed by atoms with Crippen LogP contribution < -0.4 is 0 Å². The van der Waals surface area contributed by atoms with Crippen LogP contribution in [-0.4, -0.2) is 0 Å². The van der Waals surface area contributed by atoms with Crippen molar-refractivity contribution >= 4 is 53.9 Å². The molecular weight excluding hydrogens is 601 g/mol. The van der Waals surface area contributed by atoms with Crippen molar-refractivity contribution in [3.05, 3.63) is 194 Å². The van der Waals surface area contributed by atoms with Crippen LogP contribution in [0.2, 0.25) is 0 Å². The second kappa shape index (κ2) is 11.6. The molecule has 0 heterocycles. The standard InChI is InChI=1S/C50H32/c1-2-14-38-31-39(28-25-33(38)11-1)34-23-26-37(27-24-34)49-45-19-7-8-20-46(45)50(44-22-10-16-36-13-4-6-18-42(36)44)47-30-29-40(32-48(47)49)43-21-9-15-35-12-3-5-17-41(35)43/h1-32H/i1D,2D,3D,5D,7D,8D,9D,11D,12D,14D,15D,17D,19D,20D,21D,25D,26D,27D,28D,29D,30D,31D,32D. The summed E-state index contributed by atoms with van der Waals surface area (Å²) in [5.41, 5.74) is -2.50. The minimum Gasteiger partial charge on any atom is -0.0616 e. The Morgan fingerprint density at radius 2 is 0.940 bits per heavy atom. The lowest BCUT2D eigenvalue weighted by Gasteiger charge is -2.20. The van der Waals surface area contributed by atoms with Crippen LogP contribution in [-0.2, 0) is 0 Å². The minimum atomic E-state index is -0.847. The fourth-order valence-corrected chi connectivity index (χ4v) is 6.40. The fraction of sp³-hybridized carbons (Fsp3) is 0. The first-order valence-corrected chi connectivity index (χ1v) is 15.5. The molecule has 232 valence electrons. The lowest BCUT2D eigenvalue weighted by molar-refractivity contribution is 1.62. The van der Waals surface area contributed by atoms with E-state index in [9.17, 15) is 12.3 Å². The molecule has 10 aromatic carbocycles. The van der Waals surface area contributed by atoms with Gasteiger partial charge in [0.05, 0.1) is 31.5 Å². The van der Waals surface area contributed by atoms with E-state index in [0.717, 1.165) is 12.1 Å². The van der Waals surface area contributed by atoms with Crippen LogP contribution >= 0.6 is 0 Å². The molecule has 10 aromatic rings. The zero-order chi connectivity index (χ0) is 53.0. The zero-order valence-corrected chi connectivity index (χ0v) is 25.7. The summed E-state index contributed by atoms with van der Waals surface area (Å²) >= 11 is 0. The average molecular weight is 656 g/mol. The molecule has 0 heteroatoms. The maximum Gasteiger partial charge on any atom is 0.0636 e. The van der Waals surface area contributed by atoms with Gasteiger partial charge in [0, 0.05) is 0 Å². The van der Waals surface area contributed by atoms with Gasteiger partial charge in [-0.25, -0.2) is 0 Å². The normalized spacial score (nSPS) is 18.0. The first kappa shape index (κ1) is 13.8. The molecule has 0 radical (unpaired) electrons. The maximum absolute atomic E-state index is 10.2. The van der Waals surface area contributed by atoms with Gasteiger partial charge in [0.1, 0.15) is 0 Å². The molecule has 50 heavy (non-hydrogen) atoms. The Morgan fingerprint density at radius 1 is 0.280 bits per heavy atom. The summed E-state index contributed by atoms with van der Waals surface area (Å²) in [7, 11) is 0. The summed E-state index contributed by atoms with van der Waals surface area (Å²) in [6.45, 7) is 0. The van der Waals surface area contributed by atoms with Gasteiger partial charge in [0.15, 0.2) is 0 Å². The summed E-state index contributed by atoms with van der Waals surface area (Å²) in [5.74, 6) is 0. The van der Waals surface area contributed by atoms with E-state index in [2.05, 4.69) is 0 Å². The number of fused-ring (bicyclic) bond motifs is 5. The highest BCUT2D eigenvalue weighted by atomic mass is 14.2. The van der Waals surface area contributed by atoms with Crippen LogP contribution in [0.15, 0.2) is 194 Å². The largest absolute Gasteiger partial charge is 0.0636 e. The van der Waals surface area contributed by atoms with Crippen molar-refractivity contribution in [2.45, 2.75) is 0 Å². The summed E-state index contributed by atoms with van der Waals surface area (Å²) in [6.07, 6.45) is 0. The molecule has 0 N–H and O–H groups in total. The van der Waals surface area contributed by atoms with Crippen molar-refractivity contribution in [3.8, 4) is 44.5 Å². The highest BCUT2D eigenvalue weighted by molar-refractivity contribution is 6.24. The van der Waals surface area contributed by atoms with Crippen molar-refractivity contribution in [2.24, 2.45) is 0 Å². The lowest BCUT2D eigenvalue weighted by atomic mass is 9.83. The van der Waals surface area contributed by atoms with Crippen molar-refractivity contribution in [2.75, 3.05) is 0 Å². The van der Waals surface area contributed by atoms with Gasteiger partial charge in [-0.1, -0.05) is 181 Å². The van der Waals surface area contributed by atoms with Crippen LogP contribution in [0.4, 0.5) is 0 Å². The molecular formula is C50H32. The van der Waals surface area contributed by atoms with E-state index >= 15 is 0 Å². The molecule has 0 atom stereocenters. The average Bonchev–Trinajstić information content (AvgIpc) is 3.36. The molecule has 0 nitrogen and oxygen atoms in total. The Labute approximate surface area is 323 Å². The molecule has 0 saturated carbocycles. The number of rotatable bonds is 4. The molecule has 10 rings (SSSR count). The molecule has 0 aliphatic carbocycles. The topological polar surface area (TPSA) is 0 Å². The molecule has 0 fully saturated rings. The zero-order valence-electron chi connectivity index (χ0n) is 48.7. The lowest BCUT2D eigenvalue weighted by Crippen LogP contribution is -1.93. The van der Waals surface area contributed by atoms with Gasteiger partial charge >= 0.3 is 0 Å². The van der Waals surface area contributed by atoms with Gasteiger partial charge in [0.2, 0.25) is 0 Å². The van der Waals surface area contributed by atoms with Gasteiger partial charge in [-0.2, -0.15) is 0 Å². The Hall–Kier alpha value is -6.50. The van der Waals surface area contributed by atoms with Gasteiger partial charge in [-0.3, -0.25) is 0 Å². The Balaban J connectivity index is 1.47. The minimum absolute atomic E-state index is 0.0623. The second-order valence-electron chi connectivity index (χ2n) is 11.4. The fourth-order valence-electron chi connectivity index (χ4n) is 6.40. The monoisotopic (exact) mass is 655 g/mol. The highest BCUT2D eigenvalue weighted by Gasteiger charge is 2.19. The first-order valence-electron chi connectivity index (χ1n) is 27.0. The van der Waals surface area contributed by atoms with E-state index < -0.39 is 194 Å². The third kappa shape index (κ3) is 4.61. The van der Waals surface area contributed by atoms with Gasteiger partial charge < -0.3 is 0 Å². The SMILES string of the molecule is [2H]c1cc(-c2c([2H])c([2H])c3c([2H])c([2H])c([2H])c([2H])c3c2[2H])cc([2H])c1-c1c2c([2H])c([2H])c([2H])c([2H])c2c(-c2cccc3ccccc23)c2c([2H])c([2H])c(-c3c([2H])c([2H])c([2H])c4c([2H])c([2H])c([2H])c([2H])c34)c([2H])c12. The quantitative estimate of drug-likeness (QED) is 0.166. The molecule has 0 bridgehead atoms. The van der Waals surface area contributed by atoms with Crippen molar-refractivity contribution in [3.63, 3.8) is 0 Å². The summed E-state index contributed by atoms with van der Waals surface area (Å²) in [4.78, 5) is 0. The summed E-state index contributed by atoms with van der Waals surface area (Å²) < 4.78 is 208. The van der Waals surface area contributed by atoms with Crippen LogP contribution in [0.1, 0.15) is 31.5 Å². The highest BCUT2D eigenvalue weighted by Crippen LogP contribution is 2.47. The first-order chi connectivity index (χ1) is 34.4. The molecule has 0 saturated heterocycles. The van der Waals surface area contributed by atoms with E-state index in [1.54, 1.807) is 42.5 Å². The van der Waals surface area contributed by atoms with Crippen molar-refractivity contribution < 1.29 is 31.5 Å². The van der Waals surface area contributed by atoms with Crippen LogP contribution in [0, 0.1) is 0 Å². The maximum atomic E-state index is 10.2. The van der Waals surface area contributed by atoms with Gasteiger partial charge in [0.25, 0.3) is 0 Å². The van der Waals surface area contributed by atoms with Crippen LogP contribution in [0.3, 0.4) is 0 Å². The third-order valence-corrected chi connectivity index (χ3v) is 8.65. The molecule has 0 aliphatic rings. The molecule has 0 amide bonds. The summed E-state index contributed by atoms with van der Waals surface area (Å²) in [5, 5.41) is -2.01. The Bertz CT molecular complexity index is 4200. The number of hydrogen-bond donors (Lipinski definition) is 0. The van der Waals surface area contributed by atoms with Crippen molar-refractivity contribution in [1.29, 1.82) is 0 Å². The van der Waals surface area contributed by atoms with Gasteiger partial charge in [-0.15, -0.1) is 0 Å². The van der Waals surface area contributed by atoms with Crippen molar-refractivity contribution in [1.82, 2.24) is 0 Å². The van der Waals surface area contributed by atoms with Crippen LogP contribution in [0.5, 0.6) is 0 Å². The van der Waals surface area contributed by atoms with Crippen LogP contribution in [0.25, 0.3) is 98.4 Å². The molecule has 0 aliphatic heterocycles. The smallest absolute Gasteiger partial charge is 0.0616 e. The van der Waals surface area contributed by atoms with E-state index in [0.29, 0.717) is 10.8 Å². The molecule has 0 aromatic heterocycles. The van der Waals surface area contributed by atoms with E-state index in [-0.39, 0.29) is 32.8 Å².